The first-order chi connectivity index (χ1) is 10.6. The van der Waals surface area contributed by atoms with E-state index in [0.29, 0.717) is 27.4 Å². The maximum absolute atomic E-state index is 12.1. The SMILES string of the molecule is CCCCOc1ccc(C(=O)Oc2ccc(Cl)cc2Br)cc1. The molecule has 3 nitrogen and oxygen atoms in total. The van der Waals surface area contributed by atoms with Crippen LogP contribution in [-0.2, 0) is 0 Å². The van der Waals surface area contributed by atoms with Gasteiger partial charge in [-0.25, -0.2) is 4.79 Å². The van der Waals surface area contributed by atoms with Crippen LogP contribution in [0.15, 0.2) is 46.9 Å². The van der Waals surface area contributed by atoms with Gasteiger partial charge in [0.05, 0.1) is 16.6 Å². The molecule has 0 N–H and O–H groups in total. The van der Waals surface area contributed by atoms with E-state index in [1.54, 1.807) is 42.5 Å². The van der Waals surface area contributed by atoms with E-state index in [9.17, 15) is 4.79 Å². The molecule has 0 amide bonds. The summed E-state index contributed by atoms with van der Waals surface area (Å²) in [5.41, 5.74) is 0.463. The second-order valence-electron chi connectivity index (χ2n) is 4.69. The monoisotopic (exact) mass is 382 g/mol. The quantitative estimate of drug-likeness (QED) is 0.375. The van der Waals surface area contributed by atoms with Gasteiger partial charge in [-0.15, -0.1) is 0 Å². The molecule has 0 heterocycles. The van der Waals surface area contributed by atoms with Crippen molar-refractivity contribution in [1.82, 2.24) is 0 Å². The van der Waals surface area contributed by atoms with Gasteiger partial charge < -0.3 is 9.47 Å². The highest BCUT2D eigenvalue weighted by molar-refractivity contribution is 9.10. The summed E-state index contributed by atoms with van der Waals surface area (Å²) in [6.07, 6.45) is 2.09. The summed E-state index contributed by atoms with van der Waals surface area (Å²) in [5, 5.41) is 0.570. The predicted molar refractivity (Wildman–Crippen MR) is 91.0 cm³/mol. The zero-order valence-electron chi connectivity index (χ0n) is 12.1. The van der Waals surface area contributed by atoms with Gasteiger partial charge in [0.2, 0.25) is 0 Å². The van der Waals surface area contributed by atoms with Crippen molar-refractivity contribution < 1.29 is 14.3 Å². The first-order valence-corrected chi connectivity index (χ1v) is 8.17. The van der Waals surface area contributed by atoms with Crippen LogP contribution in [0.1, 0.15) is 30.1 Å². The van der Waals surface area contributed by atoms with Crippen molar-refractivity contribution in [2.24, 2.45) is 0 Å². The highest BCUT2D eigenvalue weighted by Crippen LogP contribution is 2.28. The molecule has 0 unspecified atom stereocenters. The molecule has 0 saturated heterocycles. The van der Waals surface area contributed by atoms with Crippen LogP contribution in [0.3, 0.4) is 0 Å². The number of unbranched alkanes of at least 4 members (excludes halogenated alkanes) is 1. The summed E-state index contributed by atoms with van der Waals surface area (Å²) >= 11 is 9.17. The van der Waals surface area contributed by atoms with Crippen LogP contribution in [-0.4, -0.2) is 12.6 Å². The van der Waals surface area contributed by atoms with Crippen molar-refractivity contribution in [2.75, 3.05) is 6.61 Å². The summed E-state index contributed by atoms with van der Waals surface area (Å²) in [6, 6.07) is 11.9. The Bertz CT molecular complexity index is 641. The van der Waals surface area contributed by atoms with Crippen molar-refractivity contribution in [3.8, 4) is 11.5 Å². The van der Waals surface area contributed by atoms with Crippen molar-refractivity contribution in [1.29, 1.82) is 0 Å². The summed E-state index contributed by atoms with van der Waals surface area (Å²) in [7, 11) is 0. The molecule has 22 heavy (non-hydrogen) atoms. The fourth-order valence-corrected chi connectivity index (χ4v) is 2.50. The second-order valence-corrected chi connectivity index (χ2v) is 5.98. The Kier molecular flexibility index (Phi) is 6.28. The van der Waals surface area contributed by atoms with E-state index in [2.05, 4.69) is 22.9 Å². The topological polar surface area (TPSA) is 35.5 Å². The minimum Gasteiger partial charge on any atom is -0.494 e. The molecular formula is C17H16BrClO3. The van der Waals surface area contributed by atoms with Gasteiger partial charge in [-0.2, -0.15) is 0 Å². The Morgan fingerprint density at radius 1 is 1.18 bits per heavy atom. The molecule has 0 bridgehead atoms. The molecule has 116 valence electrons. The molecule has 0 fully saturated rings. The Labute approximate surface area is 143 Å². The minimum atomic E-state index is -0.428. The number of esters is 1. The molecule has 2 rings (SSSR count). The van der Waals surface area contributed by atoms with Crippen LogP contribution in [0.2, 0.25) is 5.02 Å². The van der Waals surface area contributed by atoms with Crippen molar-refractivity contribution in [3.05, 3.63) is 57.5 Å². The standard InChI is InChI=1S/C17H16BrClO3/c1-2-3-10-21-14-7-4-12(5-8-14)17(20)22-16-9-6-13(19)11-15(16)18/h4-9,11H,2-3,10H2,1H3. The Morgan fingerprint density at radius 3 is 2.55 bits per heavy atom. The highest BCUT2D eigenvalue weighted by atomic mass is 79.9. The van der Waals surface area contributed by atoms with E-state index < -0.39 is 5.97 Å². The lowest BCUT2D eigenvalue weighted by Crippen LogP contribution is -2.08. The van der Waals surface area contributed by atoms with E-state index >= 15 is 0 Å². The van der Waals surface area contributed by atoms with Gasteiger partial charge in [0.25, 0.3) is 0 Å². The maximum Gasteiger partial charge on any atom is 0.343 e. The van der Waals surface area contributed by atoms with Crippen LogP contribution in [0.5, 0.6) is 11.5 Å². The van der Waals surface area contributed by atoms with Gasteiger partial charge in [-0.05, 0) is 64.8 Å². The number of rotatable bonds is 6. The number of benzene rings is 2. The third-order valence-electron chi connectivity index (χ3n) is 2.95. The molecule has 0 radical (unpaired) electrons. The van der Waals surface area contributed by atoms with Gasteiger partial charge in [-0.3, -0.25) is 0 Å². The normalized spacial score (nSPS) is 10.3. The number of carbonyl (C=O) groups excluding carboxylic acids is 1. The lowest BCUT2D eigenvalue weighted by molar-refractivity contribution is 0.0733. The fourth-order valence-electron chi connectivity index (χ4n) is 1.74. The highest BCUT2D eigenvalue weighted by Gasteiger charge is 2.11. The molecule has 2 aromatic rings. The fraction of sp³-hybridized carbons (Fsp3) is 0.235. The van der Waals surface area contributed by atoms with Gasteiger partial charge in [-0.1, -0.05) is 24.9 Å². The molecule has 2 aromatic carbocycles. The number of hydrogen-bond donors (Lipinski definition) is 0. The molecule has 0 aliphatic heterocycles. The predicted octanol–water partition coefficient (Wildman–Crippen LogP) is 5.50. The Morgan fingerprint density at radius 2 is 1.91 bits per heavy atom. The van der Waals surface area contributed by atoms with Crippen molar-refractivity contribution in [2.45, 2.75) is 19.8 Å². The first-order valence-electron chi connectivity index (χ1n) is 7.00. The lowest BCUT2D eigenvalue weighted by Gasteiger charge is -2.08. The summed E-state index contributed by atoms with van der Waals surface area (Å²) in [4.78, 5) is 12.1. The zero-order valence-corrected chi connectivity index (χ0v) is 14.5. The van der Waals surface area contributed by atoms with E-state index in [1.807, 2.05) is 0 Å². The van der Waals surface area contributed by atoms with Crippen molar-refractivity contribution >= 4 is 33.5 Å². The third-order valence-corrected chi connectivity index (χ3v) is 3.81. The van der Waals surface area contributed by atoms with Gasteiger partial charge in [0.1, 0.15) is 11.5 Å². The van der Waals surface area contributed by atoms with Crippen LogP contribution in [0, 0.1) is 0 Å². The first kappa shape index (κ1) is 16.8. The van der Waals surface area contributed by atoms with Gasteiger partial charge in [0, 0.05) is 5.02 Å². The molecule has 0 aliphatic rings. The Balaban J connectivity index is 2.00. The van der Waals surface area contributed by atoms with Crippen LogP contribution in [0.4, 0.5) is 0 Å². The van der Waals surface area contributed by atoms with Crippen LogP contribution < -0.4 is 9.47 Å². The summed E-state index contributed by atoms with van der Waals surface area (Å²) < 4.78 is 11.5. The van der Waals surface area contributed by atoms with Gasteiger partial charge >= 0.3 is 5.97 Å². The molecule has 5 heteroatoms. The number of hydrogen-bond acceptors (Lipinski definition) is 3. The minimum absolute atomic E-state index is 0.428. The smallest absolute Gasteiger partial charge is 0.343 e. The second kappa shape index (κ2) is 8.20. The molecule has 0 spiro atoms. The van der Waals surface area contributed by atoms with E-state index in [-0.39, 0.29) is 0 Å². The average Bonchev–Trinajstić information content (AvgIpc) is 2.51. The van der Waals surface area contributed by atoms with Crippen LogP contribution >= 0.6 is 27.5 Å². The van der Waals surface area contributed by atoms with Crippen molar-refractivity contribution in [3.63, 3.8) is 0 Å². The number of carbonyl (C=O) groups is 1. The van der Waals surface area contributed by atoms with E-state index in [4.69, 9.17) is 21.1 Å². The Hall–Kier alpha value is -1.52. The zero-order chi connectivity index (χ0) is 15.9. The molecule has 0 aliphatic carbocycles. The average molecular weight is 384 g/mol. The third kappa shape index (κ3) is 4.75. The molecule has 0 atom stereocenters. The molecular weight excluding hydrogens is 368 g/mol. The van der Waals surface area contributed by atoms with E-state index in [0.717, 1.165) is 18.6 Å². The number of halogens is 2. The van der Waals surface area contributed by atoms with E-state index in [1.165, 1.54) is 0 Å². The summed E-state index contributed by atoms with van der Waals surface area (Å²) in [5.74, 6) is 0.749. The van der Waals surface area contributed by atoms with Gasteiger partial charge in [0.15, 0.2) is 0 Å². The molecule has 0 aromatic heterocycles. The molecule has 0 saturated carbocycles. The number of ether oxygens (including phenoxy) is 2. The maximum atomic E-state index is 12.1. The summed E-state index contributed by atoms with van der Waals surface area (Å²) in [6.45, 7) is 2.79. The van der Waals surface area contributed by atoms with Crippen LogP contribution in [0.25, 0.3) is 0 Å². The largest absolute Gasteiger partial charge is 0.494 e. The lowest BCUT2D eigenvalue weighted by atomic mass is 10.2.